The van der Waals surface area contributed by atoms with Gasteiger partial charge in [-0.3, -0.25) is 0 Å². The Hall–Kier alpha value is -1.49. The van der Waals surface area contributed by atoms with Crippen LogP contribution in [0.3, 0.4) is 0 Å². The van der Waals surface area contributed by atoms with Crippen molar-refractivity contribution in [3.63, 3.8) is 0 Å². The van der Waals surface area contributed by atoms with Gasteiger partial charge < -0.3 is 9.88 Å². The lowest BCUT2D eigenvalue weighted by molar-refractivity contribution is -0.136. The Morgan fingerprint density at radius 3 is 2.62 bits per heavy atom. The van der Waals surface area contributed by atoms with Crippen molar-refractivity contribution in [2.45, 2.75) is 39.5 Å². The van der Waals surface area contributed by atoms with Crippen molar-refractivity contribution in [1.82, 2.24) is 9.88 Å². The molecule has 0 fully saturated rings. The minimum absolute atomic E-state index is 0.0298. The highest BCUT2D eigenvalue weighted by Gasteiger charge is 2.26. The SMILES string of the molecule is CC(C)CNCc1ccc2c(ccn2CCC(F)(F)F)c1. The average Bonchev–Trinajstić information content (AvgIpc) is 2.77. The maximum Gasteiger partial charge on any atom is 0.390 e. The molecule has 1 aromatic carbocycles. The van der Waals surface area contributed by atoms with Crippen LogP contribution in [0, 0.1) is 5.92 Å². The van der Waals surface area contributed by atoms with Crippen molar-refractivity contribution < 1.29 is 13.2 Å². The van der Waals surface area contributed by atoms with Crippen molar-refractivity contribution in [2.24, 2.45) is 5.92 Å². The Morgan fingerprint density at radius 1 is 1.19 bits per heavy atom. The summed E-state index contributed by atoms with van der Waals surface area (Å²) in [4.78, 5) is 0. The van der Waals surface area contributed by atoms with E-state index < -0.39 is 12.6 Å². The zero-order valence-corrected chi connectivity index (χ0v) is 12.4. The summed E-state index contributed by atoms with van der Waals surface area (Å²) in [5.74, 6) is 0.595. The zero-order valence-electron chi connectivity index (χ0n) is 12.4. The molecule has 0 saturated heterocycles. The summed E-state index contributed by atoms with van der Waals surface area (Å²) in [7, 11) is 0. The first-order chi connectivity index (χ1) is 9.85. The van der Waals surface area contributed by atoms with Crippen LogP contribution in [-0.2, 0) is 13.1 Å². The molecule has 0 unspecified atom stereocenters. The van der Waals surface area contributed by atoms with Crippen LogP contribution in [0.2, 0.25) is 0 Å². The number of fused-ring (bicyclic) bond motifs is 1. The molecule has 0 aliphatic carbocycles. The number of rotatable bonds is 6. The summed E-state index contributed by atoms with van der Waals surface area (Å²) in [6.07, 6.45) is -3.19. The molecule has 0 saturated carbocycles. The van der Waals surface area contributed by atoms with Crippen LogP contribution in [-0.4, -0.2) is 17.3 Å². The Balaban J connectivity index is 2.04. The molecule has 0 radical (unpaired) electrons. The van der Waals surface area contributed by atoms with Gasteiger partial charge in [0, 0.05) is 24.8 Å². The van der Waals surface area contributed by atoms with E-state index in [4.69, 9.17) is 0 Å². The van der Waals surface area contributed by atoms with Gasteiger partial charge in [-0.15, -0.1) is 0 Å². The van der Waals surface area contributed by atoms with Crippen LogP contribution in [0.1, 0.15) is 25.8 Å². The summed E-state index contributed by atoms with van der Waals surface area (Å²) in [6, 6.07) is 7.78. The standard InChI is InChI=1S/C16H21F3N2/c1-12(2)10-20-11-13-3-4-15-14(9-13)5-7-21(15)8-6-16(17,18)19/h3-5,7,9,12,20H,6,8,10-11H2,1-2H3. The van der Waals surface area contributed by atoms with Crippen molar-refractivity contribution in [1.29, 1.82) is 0 Å². The van der Waals surface area contributed by atoms with Gasteiger partial charge in [-0.2, -0.15) is 13.2 Å². The number of hydrogen-bond donors (Lipinski definition) is 1. The highest BCUT2D eigenvalue weighted by atomic mass is 19.4. The van der Waals surface area contributed by atoms with Crippen LogP contribution in [0.15, 0.2) is 30.5 Å². The Bertz CT molecular complexity index is 585. The molecule has 116 valence electrons. The maximum atomic E-state index is 12.3. The number of nitrogens with one attached hydrogen (secondary N) is 1. The summed E-state index contributed by atoms with van der Waals surface area (Å²) in [5, 5.41) is 4.35. The molecule has 0 aliphatic rings. The van der Waals surface area contributed by atoms with Gasteiger partial charge in [-0.05, 0) is 41.6 Å². The number of benzene rings is 1. The van der Waals surface area contributed by atoms with Gasteiger partial charge in [0.25, 0.3) is 0 Å². The molecule has 0 aliphatic heterocycles. The Morgan fingerprint density at radius 2 is 1.95 bits per heavy atom. The topological polar surface area (TPSA) is 17.0 Å². The molecular formula is C16H21F3N2. The first-order valence-corrected chi connectivity index (χ1v) is 7.20. The van der Waals surface area contributed by atoms with E-state index in [1.807, 2.05) is 24.3 Å². The van der Waals surface area contributed by atoms with Crippen molar-refractivity contribution in [3.8, 4) is 0 Å². The van der Waals surface area contributed by atoms with Gasteiger partial charge in [0.2, 0.25) is 0 Å². The first kappa shape index (κ1) is 15.9. The number of hydrogen-bond acceptors (Lipinski definition) is 1. The molecule has 2 rings (SSSR count). The van der Waals surface area contributed by atoms with Crippen molar-refractivity contribution in [3.05, 3.63) is 36.0 Å². The van der Waals surface area contributed by atoms with E-state index in [2.05, 4.69) is 19.2 Å². The number of alkyl halides is 3. The van der Waals surface area contributed by atoms with Crippen molar-refractivity contribution in [2.75, 3.05) is 6.54 Å². The molecule has 2 nitrogen and oxygen atoms in total. The number of aromatic nitrogens is 1. The summed E-state index contributed by atoms with van der Waals surface area (Å²) < 4.78 is 38.5. The predicted molar refractivity (Wildman–Crippen MR) is 79.2 cm³/mol. The van der Waals surface area contributed by atoms with Crippen LogP contribution in [0.25, 0.3) is 10.9 Å². The van der Waals surface area contributed by atoms with Crippen LogP contribution >= 0.6 is 0 Å². The second kappa shape index (κ2) is 6.52. The zero-order chi connectivity index (χ0) is 15.5. The molecule has 1 N–H and O–H groups in total. The smallest absolute Gasteiger partial charge is 0.347 e. The normalized spacial score (nSPS) is 12.5. The van der Waals surface area contributed by atoms with Gasteiger partial charge in [0.1, 0.15) is 0 Å². The summed E-state index contributed by atoms with van der Waals surface area (Å²) in [5.41, 5.74) is 2.00. The highest BCUT2D eigenvalue weighted by Crippen LogP contribution is 2.23. The molecular weight excluding hydrogens is 277 g/mol. The number of aryl methyl sites for hydroxylation is 1. The number of halogens is 3. The van der Waals surface area contributed by atoms with E-state index in [1.54, 1.807) is 10.8 Å². The first-order valence-electron chi connectivity index (χ1n) is 7.20. The quantitative estimate of drug-likeness (QED) is 0.839. The summed E-state index contributed by atoms with van der Waals surface area (Å²) in [6.45, 7) is 6.00. The molecule has 0 atom stereocenters. The maximum absolute atomic E-state index is 12.3. The molecule has 0 amide bonds. The van der Waals surface area contributed by atoms with E-state index >= 15 is 0 Å². The monoisotopic (exact) mass is 298 g/mol. The summed E-state index contributed by atoms with van der Waals surface area (Å²) >= 11 is 0. The van der Waals surface area contributed by atoms with E-state index in [0.717, 1.165) is 29.6 Å². The van der Waals surface area contributed by atoms with Crippen molar-refractivity contribution >= 4 is 10.9 Å². The fourth-order valence-corrected chi connectivity index (χ4v) is 2.31. The van der Waals surface area contributed by atoms with Gasteiger partial charge in [0.05, 0.1) is 6.42 Å². The van der Waals surface area contributed by atoms with Crippen LogP contribution in [0.4, 0.5) is 13.2 Å². The minimum Gasteiger partial charge on any atom is -0.347 e. The molecule has 2 aromatic rings. The predicted octanol–water partition coefficient (Wildman–Crippen LogP) is 4.34. The van der Waals surface area contributed by atoms with E-state index in [1.165, 1.54) is 0 Å². The molecule has 1 heterocycles. The van der Waals surface area contributed by atoms with Crippen LogP contribution < -0.4 is 5.32 Å². The van der Waals surface area contributed by atoms with E-state index in [-0.39, 0.29) is 6.54 Å². The van der Waals surface area contributed by atoms with Gasteiger partial charge in [0.15, 0.2) is 0 Å². The fraction of sp³-hybridized carbons (Fsp3) is 0.500. The van der Waals surface area contributed by atoms with E-state index in [9.17, 15) is 13.2 Å². The Labute approximate surface area is 122 Å². The van der Waals surface area contributed by atoms with Gasteiger partial charge >= 0.3 is 6.18 Å². The second-order valence-electron chi connectivity index (χ2n) is 5.79. The van der Waals surface area contributed by atoms with E-state index in [0.29, 0.717) is 5.92 Å². The second-order valence-corrected chi connectivity index (χ2v) is 5.79. The Kier molecular flexibility index (Phi) is 4.93. The lowest BCUT2D eigenvalue weighted by Gasteiger charge is -2.10. The third-order valence-corrected chi connectivity index (χ3v) is 3.35. The largest absolute Gasteiger partial charge is 0.390 e. The fourth-order valence-electron chi connectivity index (χ4n) is 2.31. The molecule has 5 heteroatoms. The molecule has 21 heavy (non-hydrogen) atoms. The third-order valence-electron chi connectivity index (χ3n) is 3.35. The molecule has 1 aromatic heterocycles. The van der Waals surface area contributed by atoms with Crippen LogP contribution in [0.5, 0.6) is 0 Å². The van der Waals surface area contributed by atoms with Gasteiger partial charge in [-0.1, -0.05) is 19.9 Å². The molecule has 0 bridgehead atoms. The van der Waals surface area contributed by atoms with Gasteiger partial charge in [-0.25, -0.2) is 0 Å². The lowest BCUT2D eigenvalue weighted by atomic mass is 10.1. The minimum atomic E-state index is -4.11. The number of nitrogens with zero attached hydrogens (tertiary/aromatic N) is 1. The third kappa shape index (κ3) is 4.77. The lowest BCUT2D eigenvalue weighted by Crippen LogP contribution is -2.18. The average molecular weight is 298 g/mol. The molecule has 0 spiro atoms. The highest BCUT2D eigenvalue weighted by molar-refractivity contribution is 5.80.